The van der Waals surface area contributed by atoms with Crippen molar-refractivity contribution in [3.63, 3.8) is 0 Å². The lowest BCUT2D eigenvalue weighted by Crippen LogP contribution is -2.33. The Bertz CT molecular complexity index is 534. The average molecular weight is 302 g/mol. The SMILES string of the molecule is CC(C)(C)OC(=O)CON=C(C(=O)[O-])c1nc[s+](N)n1. The molecule has 0 fully saturated rings. The van der Waals surface area contributed by atoms with Crippen LogP contribution in [0.25, 0.3) is 0 Å². The van der Waals surface area contributed by atoms with Gasteiger partial charge in [-0.05, 0) is 20.8 Å². The molecule has 0 aliphatic heterocycles. The number of nitrogens with two attached hydrogens (primary N) is 1. The summed E-state index contributed by atoms with van der Waals surface area (Å²) in [4.78, 5) is 30.5. The summed E-state index contributed by atoms with van der Waals surface area (Å²) in [5, 5.41) is 19.6. The molecule has 0 amide bonds. The Kier molecular flexibility index (Phi) is 5.11. The number of hydrogen-bond acceptors (Lipinski definition) is 9. The van der Waals surface area contributed by atoms with Gasteiger partial charge in [0.1, 0.15) is 5.60 Å². The Hall–Kier alpha value is -2.07. The lowest BCUT2D eigenvalue weighted by Gasteiger charge is -2.18. The first-order chi connectivity index (χ1) is 9.19. The molecular formula is C10H14N4O5S. The van der Waals surface area contributed by atoms with Gasteiger partial charge >= 0.3 is 5.97 Å². The van der Waals surface area contributed by atoms with E-state index < -0.39 is 40.7 Å². The zero-order valence-corrected chi connectivity index (χ0v) is 12.0. The third-order valence-electron chi connectivity index (χ3n) is 1.64. The van der Waals surface area contributed by atoms with Gasteiger partial charge in [0.25, 0.3) is 5.51 Å². The molecule has 0 aromatic carbocycles. The zero-order valence-electron chi connectivity index (χ0n) is 11.2. The molecule has 0 spiro atoms. The number of rotatable bonds is 5. The van der Waals surface area contributed by atoms with Crippen molar-refractivity contribution in [1.29, 1.82) is 0 Å². The van der Waals surface area contributed by atoms with Crippen molar-refractivity contribution >= 4 is 28.5 Å². The first kappa shape index (κ1) is 16.0. The Morgan fingerprint density at radius 1 is 1.50 bits per heavy atom. The van der Waals surface area contributed by atoms with E-state index in [-0.39, 0.29) is 5.82 Å². The number of aromatic nitrogens is 2. The summed E-state index contributed by atoms with van der Waals surface area (Å²) in [6, 6.07) is 0. The van der Waals surface area contributed by atoms with E-state index in [1.807, 2.05) is 0 Å². The number of oxime groups is 1. The highest BCUT2D eigenvalue weighted by atomic mass is 32.2. The van der Waals surface area contributed by atoms with E-state index in [1.165, 1.54) is 5.51 Å². The molecular weight excluding hydrogens is 288 g/mol. The highest BCUT2D eigenvalue weighted by Gasteiger charge is 2.19. The van der Waals surface area contributed by atoms with Crippen LogP contribution in [0.5, 0.6) is 0 Å². The predicted octanol–water partition coefficient (Wildman–Crippen LogP) is -1.25. The van der Waals surface area contributed by atoms with Gasteiger partial charge in [0.2, 0.25) is 23.3 Å². The van der Waals surface area contributed by atoms with Crippen LogP contribution >= 0.6 is 10.9 Å². The minimum atomic E-state index is -1.64. The molecule has 1 heterocycles. The summed E-state index contributed by atoms with van der Waals surface area (Å²) in [6.45, 7) is 4.51. The fourth-order valence-corrected chi connectivity index (χ4v) is 1.63. The van der Waals surface area contributed by atoms with Gasteiger partial charge in [-0.1, -0.05) is 5.16 Å². The maximum Gasteiger partial charge on any atom is 0.347 e. The summed E-state index contributed by atoms with van der Waals surface area (Å²) in [5.74, 6) is -2.53. The van der Waals surface area contributed by atoms with E-state index in [1.54, 1.807) is 20.8 Å². The summed E-state index contributed by atoms with van der Waals surface area (Å²) in [5.41, 5.74) is -0.0401. The van der Waals surface area contributed by atoms with Crippen LogP contribution in [0.1, 0.15) is 26.6 Å². The number of carbonyl (C=O) groups excluding carboxylic acids is 2. The topological polar surface area (TPSA) is 140 Å². The third-order valence-corrected chi connectivity index (χ3v) is 2.34. The second kappa shape index (κ2) is 6.39. The first-order valence-corrected chi connectivity index (χ1v) is 6.74. The van der Waals surface area contributed by atoms with Crippen molar-refractivity contribution in [2.75, 3.05) is 11.7 Å². The van der Waals surface area contributed by atoms with Gasteiger partial charge in [-0.2, -0.15) is 4.98 Å². The van der Waals surface area contributed by atoms with E-state index in [2.05, 4.69) is 19.4 Å². The zero-order chi connectivity index (χ0) is 15.3. The van der Waals surface area contributed by atoms with Gasteiger partial charge in [0.05, 0.1) is 5.97 Å². The molecule has 2 N–H and O–H groups in total. The number of carboxylic acids is 1. The molecule has 1 rings (SSSR count). The molecule has 1 unspecified atom stereocenters. The minimum absolute atomic E-state index is 0.208. The minimum Gasteiger partial charge on any atom is -0.543 e. The molecule has 1 aromatic heterocycles. The maximum atomic E-state index is 11.3. The highest BCUT2D eigenvalue weighted by Crippen LogP contribution is 2.07. The summed E-state index contributed by atoms with van der Waals surface area (Å²) in [7, 11) is -0.991. The lowest BCUT2D eigenvalue weighted by molar-refractivity contribution is -0.294. The number of aliphatic carboxylic acids is 1. The molecule has 0 saturated heterocycles. The van der Waals surface area contributed by atoms with Crippen molar-refractivity contribution in [2.45, 2.75) is 26.4 Å². The largest absolute Gasteiger partial charge is 0.543 e. The standard InChI is InChI=1S/C10H14N4O5S/c1-10(2,3)19-6(15)4-18-13-7(9(16)17)8-12-5-20(11)14-8/h5,11H,4H2,1-3H3,(H,16,17). The molecule has 1 atom stereocenters. The van der Waals surface area contributed by atoms with Crippen molar-refractivity contribution < 1.29 is 24.3 Å². The summed E-state index contributed by atoms with van der Waals surface area (Å²) >= 11 is 0. The highest BCUT2D eigenvalue weighted by molar-refractivity contribution is 7.24. The fraction of sp³-hybridized carbons (Fsp3) is 0.500. The van der Waals surface area contributed by atoms with Crippen LogP contribution < -0.4 is 10.2 Å². The lowest BCUT2D eigenvalue weighted by atomic mass is 10.2. The van der Waals surface area contributed by atoms with Crippen LogP contribution in [0.3, 0.4) is 0 Å². The fourth-order valence-electron chi connectivity index (χ4n) is 1.05. The molecule has 0 aliphatic rings. The van der Waals surface area contributed by atoms with Crippen LogP contribution in [0, 0.1) is 0 Å². The number of nitrogens with zero attached hydrogens (tertiary/aromatic N) is 3. The van der Waals surface area contributed by atoms with Crippen LogP contribution in [0.2, 0.25) is 0 Å². The molecule has 10 heteroatoms. The Morgan fingerprint density at radius 3 is 2.60 bits per heavy atom. The number of ether oxygens (including phenoxy) is 1. The number of esters is 1. The van der Waals surface area contributed by atoms with E-state index in [0.29, 0.717) is 0 Å². The van der Waals surface area contributed by atoms with Gasteiger partial charge in [-0.3, -0.25) is 0 Å². The van der Waals surface area contributed by atoms with Crippen LogP contribution in [-0.4, -0.2) is 39.2 Å². The van der Waals surface area contributed by atoms with Gasteiger partial charge < -0.3 is 19.5 Å². The molecule has 1 aromatic rings. The molecule has 0 aliphatic carbocycles. The second-order valence-corrected chi connectivity index (χ2v) is 5.67. The molecule has 20 heavy (non-hydrogen) atoms. The van der Waals surface area contributed by atoms with Gasteiger partial charge in [0.15, 0.2) is 5.71 Å². The van der Waals surface area contributed by atoms with Crippen LogP contribution in [0.4, 0.5) is 0 Å². The van der Waals surface area contributed by atoms with Crippen LogP contribution in [-0.2, 0) is 19.2 Å². The average Bonchev–Trinajstić information content (AvgIpc) is 2.68. The Labute approximate surface area is 117 Å². The summed E-state index contributed by atoms with van der Waals surface area (Å²) < 4.78 is 8.67. The van der Waals surface area contributed by atoms with Crippen molar-refractivity contribution in [3.05, 3.63) is 11.3 Å². The van der Waals surface area contributed by atoms with Crippen molar-refractivity contribution in [1.82, 2.24) is 9.36 Å². The number of hydrogen-bond donors (Lipinski definition) is 1. The second-order valence-electron chi connectivity index (χ2n) is 4.58. The molecule has 0 bridgehead atoms. The van der Waals surface area contributed by atoms with E-state index in [0.717, 1.165) is 0 Å². The maximum absolute atomic E-state index is 11.3. The predicted molar refractivity (Wildman–Crippen MR) is 68.0 cm³/mol. The first-order valence-electron chi connectivity index (χ1n) is 5.43. The number of carboxylic acid groups (broad SMARTS) is 1. The van der Waals surface area contributed by atoms with Gasteiger partial charge in [0, 0.05) is 4.37 Å². The third kappa shape index (κ3) is 5.28. The van der Waals surface area contributed by atoms with E-state index >= 15 is 0 Å². The Morgan fingerprint density at radius 2 is 2.15 bits per heavy atom. The molecule has 0 radical (unpaired) electrons. The normalized spacial score (nSPS) is 13.0. The van der Waals surface area contributed by atoms with E-state index in [4.69, 9.17) is 9.88 Å². The van der Waals surface area contributed by atoms with Gasteiger partial charge in [-0.25, -0.2) is 4.79 Å². The smallest absolute Gasteiger partial charge is 0.347 e. The Balaban J connectivity index is 2.66. The van der Waals surface area contributed by atoms with Crippen molar-refractivity contribution in [3.8, 4) is 0 Å². The molecule has 110 valence electrons. The quantitative estimate of drug-likeness (QED) is 0.308. The van der Waals surface area contributed by atoms with E-state index in [9.17, 15) is 14.7 Å². The monoisotopic (exact) mass is 302 g/mol. The molecule has 0 saturated carbocycles. The van der Waals surface area contributed by atoms with Crippen LogP contribution in [0.15, 0.2) is 10.7 Å². The van der Waals surface area contributed by atoms with Crippen molar-refractivity contribution in [2.24, 2.45) is 5.16 Å². The number of carbonyl (C=O) groups is 2. The molecule has 9 nitrogen and oxygen atoms in total. The van der Waals surface area contributed by atoms with Gasteiger partial charge in [-0.15, -0.1) is 5.14 Å². The number of nitrogen functional groups attached to an aromatic ring is 1. The summed E-state index contributed by atoms with van der Waals surface area (Å²) in [6.07, 6.45) is 0.